The van der Waals surface area contributed by atoms with Crippen LogP contribution in [0.2, 0.25) is 0 Å². The zero-order chi connectivity index (χ0) is 22.6. The molecule has 32 heavy (non-hydrogen) atoms. The Balaban J connectivity index is 1.36. The second-order valence-electron chi connectivity index (χ2n) is 8.55. The molecule has 1 atom stereocenters. The lowest BCUT2D eigenvalue weighted by Crippen LogP contribution is -2.45. The number of esters is 1. The van der Waals surface area contributed by atoms with Crippen molar-refractivity contribution in [2.75, 3.05) is 44.8 Å². The van der Waals surface area contributed by atoms with Gasteiger partial charge in [0.05, 0.1) is 18.6 Å². The summed E-state index contributed by atoms with van der Waals surface area (Å²) in [4.78, 5) is 40.3. The van der Waals surface area contributed by atoms with Crippen LogP contribution < -0.4 is 14.8 Å². The summed E-state index contributed by atoms with van der Waals surface area (Å²) in [6.07, 6.45) is 2.04. The number of rotatable bonds is 6. The van der Waals surface area contributed by atoms with E-state index in [0.717, 1.165) is 12.8 Å². The van der Waals surface area contributed by atoms with Crippen LogP contribution in [-0.4, -0.2) is 68.3 Å². The highest BCUT2D eigenvalue weighted by Crippen LogP contribution is 2.43. The van der Waals surface area contributed by atoms with Crippen molar-refractivity contribution in [3.05, 3.63) is 18.2 Å². The predicted molar refractivity (Wildman–Crippen MR) is 115 cm³/mol. The Morgan fingerprint density at radius 1 is 1.06 bits per heavy atom. The van der Waals surface area contributed by atoms with Gasteiger partial charge in [-0.25, -0.2) is 0 Å². The number of fused-ring (bicyclic) bond motifs is 1. The summed E-state index contributed by atoms with van der Waals surface area (Å²) < 4.78 is 21.9. The fraction of sp³-hybridized carbons (Fsp3) is 0.609. The standard InChI is InChI=1S/C23H30N2O7/c1-16(21(27)24-17-4-5-18-19(14-17)31-13-12-30-18)32-22(28)23(6-2-3-7-23)15-20(26)25-8-10-29-11-9-25/h4-5,14,16H,2-3,6-13,15H2,1H3,(H,24,27). The highest BCUT2D eigenvalue weighted by Gasteiger charge is 2.46. The van der Waals surface area contributed by atoms with E-state index in [2.05, 4.69) is 5.32 Å². The molecular formula is C23H30N2O7. The number of benzene rings is 1. The van der Waals surface area contributed by atoms with E-state index >= 15 is 0 Å². The number of anilines is 1. The molecule has 1 saturated heterocycles. The molecule has 1 N–H and O–H groups in total. The molecular weight excluding hydrogens is 416 g/mol. The lowest BCUT2D eigenvalue weighted by Gasteiger charge is -2.32. The van der Waals surface area contributed by atoms with Gasteiger partial charge in [0.25, 0.3) is 5.91 Å². The minimum Gasteiger partial charge on any atom is -0.486 e. The van der Waals surface area contributed by atoms with Crippen molar-refractivity contribution in [3.8, 4) is 11.5 Å². The average Bonchev–Trinajstić information content (AvgIpc) is 3.29. The van der Waals surface area contributed by atoms with Gasteiger partial charge in [0.15, 0.2) is 17.6 Å². The zero-order valence-corrected chi connectivity index (χ0v) is 18.4. The van der Waals surface area contributed by atoms with Gasteiger partial charge in [-0.3, -0.25) is 14.4 Å². The molecule has 0 spiro atoms. The SMILES string of the molecule is CC(OC(=O)C1(CC(=O)N2CCOCC2)CCCC1)C(=O)Nc1ccc2c(c1)OCCO2. The van der Waals surface area contributed by atoms with Crippen LogP contribution in [0.15, 0.2) is 18.2 Å². The van der Waals surface area contributed by atoms with Crippen LogP contribution in [0.25, 0.3) is 0 Å². The second kappa shape index (κ2) is 9.77. The third kappa shape index (κ3) is 4.98. The number of nitrogens with one attached hydrogen (secondary N) is 1. The zero-order valence-electron chi connectivity index (χ0n) is 18.4. The van der Waals surface area contributed by atoms with Crippen molar-refractivity contribution in [3.63, 3.8) is 0 Å². The van der Waals surface area contributed by atoms with Crippen LogP contribution in [-0.2, 0) is 23.9 Å². The predicted octanol–water partition coefficient (Wildman–Crippen LogP) is 2.14. The van der Waals surface area contributed by atoms with E-state index < -0.39 is 23.4 Å². The topological polar surface area (TPSA) is 103 Å². The number of hydrogen-bond acceptors (Lipinski definition) is 7. The van der Waals surface area contributed by atoms with E-state index in [0.29, 0.717) is 69.5 Å². The van der Waals surface area contributed by atoms with Crippen LogP contribution in [0.3, 0.4) is 0 Å². The molecule has 174 valence electrons. The summed E-state index contributed by atoms with van der Waals surface area (Å²) in [6.45, 7) is 4.58. The molecule has 2 fully saturated rings. The lowest BCUT2D eigenvalue weighted by atomic mass is 9.82. The van der Waals surface area contributed by atoms with E-state index in [1.807, 2.05) is 0 Å². The Labute approximate surface area is 187 Å². The first-order valence-electron chi connectivity index (χ1n) is 11.2. The van der Waals surface area contributed by atoms with Crippen LogP contribution in [0.5, 0.6) is 11.5 Å². The highest BCUT2D eigenvalue weighted by molar-refractivity contribution is 5.96. The Morgan fingerprint density at radius 2 is 1.75 bits per heavy atom. The number of morpholine rings is 1. The van der Waals surface area contributed by atoms with E-state index in [1.165, 1.54) is 6.92 Å². The molecule has 2 amide bonds. The third-order valence-corrected chi connectivity index (χ3v) is 6.31. The van der Waals surface area contributed by atoms with E-state index in [9.17, 15) is 14.4 Å². The van der Waals surface area contributed by atoms with Crippen molar-refractivity contribution < 1.29 is 33.3 Å². The van der Waals surface area contributed by atoms with Crippen molar-refractivity contribution in [1.82, 2.24) is 4.90 Å². The van der Waals surface area contributed by atoms with Gasteiger partial charge >= 0.3 is 5.97 Å². The van der Waals surface area contributed by atoms with Gasteiger partial charge in [0.1, 0.15) is 13.2 Å². The van der Waals surface area contributed by atoms with Gasteiger partial charge in [0, 0.05) is 31.3 Å². The number of ether oxygens (including phenoxy) is 4. The molecule has 3 aliphatic rings. The summed E-state index contributed by atoms with van der Waals surface area (Å²) in [5, 5.41) is 2.75. The van der Waals surface area contributed by atoms with Gasteiger partial charge in [-0.05, 0) is 31.9 Å². The molecule has 1 unspecified atom stereocenters. The first-order chi connectivity index (χ1) is 15.5. The summed E-state index contributed by atoms with van der Waals surface area (Å²) in [5.41, 5.74) is -0.332. The van der Waals surface area contributed by atoms with Gasteiger partial charge in [-0.2, -0.15) is 0 Å². The molecule has 9 heteroatoms. The number of amides is 2. The quantitative estimate of drug-likeness (QED) is 0.668. The number of carbonyl (C=O) groups is 3. The minimum absolute atomic E-state index is 0.0551. The molecule has 4 rings (SSSR count). The smallest absolute Gasteiger partial charge is 0.313 e. The maximum Gasteiger partial charge on any atom is 0.313 e. The molecule has 0 bridgehead atoms. The largest absolute Gasteiger partial charge is 0.486 e. The van der Waals surface area contributed by atoms with Gasteiger partial charge in [0.2, 0.25) is 5.91 Å². The molecule has 2 heterocycles. The van der Waals surface area contributed by atoms with E-state index in [-0.39, 0.29) is 12.3 Å². The molecule has 1 saturated carbocycles. The second-order valence-corrected chi connectivity index (χ2v) is 8.55. The maximum absolute atomic E-state index is 13.1. The van der Waals surface area contributed by atoms with Crippen molar-refractivity contribution in [2.45, 2.75) is 45.1 Å². The van der Waals surface area contributed by atoms with Crippen LogP contribution >= 0.6 is 0 Å². The Morgan fingerprint density at radius 3 is 2.47 bits per heavy atom. The van der Waals surface area contributed by atoms with E-state index in [4.69, 9.17) is 18.9 Å². The fourth-order valence-corrected chi connectivity index (χ4v) is 4.42. The average molecular weight is 447 g/mol. The molecule has 2 aliphatic heterocycles. The molecule has 1 aromatic carbocycles. The van der Waals surface area contributed by atoms with Crippen LogP contribution in [0, 0.1) is 5.41 Å². The first-order valence-corrected chi connectivity index (χ1v) is 11.2. The fourth-order valence-electron chi connectivity index (χ4n) is 4.42. The van der Waals surface area contributed by atoms with E-state index in [1.54, 1.807) is 23.1 Å². The Bertz CT molecular complexity index is 860. The van der Waals surface area contributed by atoms with Crippen LogP contribution in [0.1, 0.15) is 39.0 Å². The van der Waals surface area contributed by atoms with Gasteiger partial charge < -0.3 is 29.2 Å². The molecule has 0 radical (unpaired) electrons. The Kier molecular flexibility index (Phi) is 6.83. The molecule has 9 nitrogen and oxygen atoms in total. The van der Waals surface area contributed by atoms with Gasteiger partial charge in [-0.15, -0.1) is 0 Å². The summed E-state index contributed by atoms with van der Waals surface area (Å²) >= 11 is 0. The molecule has 1 aliphatic carbocycles. The van der Waals surface area contributed by atoms with Crippen molar-refractivity contribution >= 4 is 23.5 Å². The first kappa shape index (κ1) is 22.4. The summed E-state index contributed by atoms with van der Waals surface area (Å²) in [7, 11) is 0. The Hall–Kier alpha value is -2.81. The van der Waals surface area contributed by atoms with Crippen molar-refractivity contribution in [1.29, 1.82) is 0 Å². The number of carbonyl (C=O) groups excluding carboxylic acids is 3. The number of nitrogens with zero attached hydrogens (tertiary/aromatic N) is 1. The van der Waals surface area contributed by atoms with Gasteiger partial charge in [-0.1, -0.05) is 12.8 Å². The van der Waals surface area contributed by atoms with Crippen LogP contribution in [0.4, 0.5) is 5.69 Å². The summed E-state index contributed by atoms with van der Waals surface area (Å²) in [6, 6.07) is 5.12. The number of hydrogen-bond donors (Lipinski definition) is 1. The summed E-state index contributed by atoms with van der Waals surface area (Å²) in [5.74, 6) is 0.219. The monoisotopic (exact) mass is 446 g/mol. The maximum atomic E-state index is 13.1. The highest BCUT2D eigenvalue weighted by atomic mass is 16.6. The minimum atomic E-state index is -0.994. The lowest BCUT2D eigenvalue weighted by molar-refractivity contribution is -0.166. The normalized spacial score (nSPS) is 20.3. The molecule has 1 aromatic rings. The van der Waals surface area contributed by atoms with Crippen molar-refractivity contribution in [2.24, 2.45) is 5.41 Å². The third-order valence-electron chi connectivity index (χ3n) is 6.31. The molecule has 0 aromatic heterocycles.